The van der Waals surface area contributed by atoms with Gasteiger partial charge in [-0.15, -0.1) is 0 Å². The first-order valence-electron chi connectivity index (χ1n) is 4.51. The highest BCUT2D eigenvalue weighted by Gasteiger charge is 2.28. The van der Waals surface area contributed by atoms with Crippen molar-refractivity contribution in [3.05, 3.63) is 0 Å². The summed E-state index contributed by atoms with van der Waals surface area (Å²) in [4.78, 5) is 32.8. The van der Waals surface area contributed by atoms with Crippen LogP contribution in [0.15, 0.2) is 0 Å². The summed E-state index contributed by atoms with van der Waals surface area (Å²) < 4.78 is 4.64. The van der Waals surface area contributed by atoms with Crippen molar-refractivity contribution in [2.24, 2.45) is 0 Å². The molecule has 2 atom stereocenters. The number of thioether (sulfide) groups is 1. The maximum atomic E-state index is 11.4. The third-order valence-corrected chi connectivity index (χ3v) is 2.89. The molecule has 0 spiro atoms. The van der Waals surface area contributed by atoms with E-state index in [9.17, 15) is 14.4 Å². The molecule has 0 aromatic heterocycles. The normalized spacial score (nSPS) is 21.3. The number of amides is 2. The van der Waals surface area contributed by atoms with E-state index in [0.717, 1.165) is 11.8 Å². The summed E-state index contributed by atoms with van der Waals surface area (Å²) in [5.41, 5.74) is 0. The molecule has 1 rings (SSSR count). The molecule has 1 aliphatic heterocycles. The number of carbonyl (C=O) groups excluding carboxylic acids is 2. The highest BCUT2D eigenvalue weighted by molar-refractivity contribution is 8.14. The molecule has 7 nitrogen and oxygen atoms in total. The summed E-state index contributed by atoms with van der Waals surface area (Å²) in [6.45, 7) is -0.123. The van der Waals surface area contributed by atoms with Crippen LogP contribution in [0.4, 0.5) is 4.79 Å². The molecule has 2 amide bonds. The van der Waals surface area contributed by atoms with E-state index >= 15 is 0 Å². The van der Waals surface area contributed by atoms with Gasteiger partial charge in [0.2, 0.25) is 5.91 Å². The van der Waals surface area contributed by atoms with Crippen molar-refractivity contribution in [1.29, 1.82) is 0 Å². The van der Waals surface area contributed by atoms with Crippen molar-refractivity contribution in [2.45, 2.75) is 12.1 Å². The molecule has 0 aliphatic carbocycles. The van der Waals surface area contributed by atoms with Crippen LogP contribution in [-0.4, -0.2) is 53.8 Å². The lowest BCUT2D eigenvalue weighted by Gasteiger charge is -2.13. The first-order chi connectivity index (χ1) is 7.54. The van der Waals surface area contributed by atoms with Gasteiger partial charge < -0.3 is 20.5 Å². The molecule has 2 unspecified atom stereocenters. The molecule has 90 valence electrons. The number of carbonyl (C=O) groups is 3. The first kappa shape index (κ1) is 12.8. The van der Waals surface area contributed by atoms with Crippen LogP contribution in [0.5, 0.6) is 0 Å². The van der Waals surface area contributed by atoms with Crippen molar-refractivity contribution in [3.8, 4) is 0 Å². The number of carboxylic acid groups (broad SMARTS) is 1. The van der Waals surface area contributed by atoms with Crippen LogP contribution < -0.4 is 10.6 Å². The molecular formula is C8H12N2O5S. The zero-order valence-electron chi connectivity index (χ0n) is 8.56. The molecule has 1 saturated heterocycles. The summed E-state index contributed by atoms with van der Waals surface area (Å²) in [7, 11) is 1.25. The van der Waals surface area contributed by atoms with Crippen LogP contribution >= 0.6 is 11.8 Å². The number of aliphatic carboxylic acids is 1. The number of hydrogen-bond acceptors (Lipinski definition) is 5. The topological polar surface area (TPSA) is 105 Å². The Labute approximate surface area is 95.9 Å². The second-order valence-corrected chi connectivity index (χ2v) is 4.10. The fraction of sp³-hybridized carbons (Fsp3) is 0.625. The van der Waals surface area contributed by atoms with Gasteiger partial charge in [0.25, 0.3) is 5.24 Å². The van der Waals surface area contributed by atoms with E-state index in [0.29, 0.717) is 5.75 Å². The van der Waals surface area contributed by atoms with Gasteiger partial charge in [-0.05, 0) is 0 Å². The van der Waals surface area contributed by atoms with E-state index in [1.807, 2.05) is 0 Å². The van der Waals surface area contributed by atoms with Crippen LogP contribution in [-0.2, 0) is 14.3 Å². The summed E-state index contributed by atoms with van der Waals surface area (Å²) >= 11 is 1.02. The van der Waals surface area contributed by atoms with Crippen LogP contribution in [0.2, 0.25) is 0 Å². The minimum Gasteiger partial charge on any atom is -0.479 e. The molecule has 0 radical (unpaired) electrons. The Bertz CT molecular complexity index is 309. The van der Waals surface area contributed by atoms with Gasteiger partial charge in [0.05, 0.1) is 6.54 Å². The Kier molecular flexibility index (Phi) is 4.56. The minimum atomic E-state index is -1.15. The number of hydrogen-bond donors (Lipinski definition) is 3. The predicted molar refractivity (Wildman–Crippen MR) is 56.2 cm³/mol. The average molecular weight is 248 g/mol. The van der Waals surface area contributed by atoms with Crippen molar-refractivity contribution in [3.63, 3.8) is 0 Å². The number of rotatable bonds is 5. The standard InChI is InChI=1S/C8H12N2O5S/c1-15-5(7(12)13)2-9-6(11)4-3-16-8(14)10-4/h4-5H,2-3H2,1H3,(H,9,11)(H,10,14)(H,12,13). The lowest BCUT2D eigenvalue weighted by Crippen LogP contribution is -2.46. The lowest BCUT2D eigenvalue weighted by atomic mass is 10.3. The fourth-order valence-corrected chi connectivity index (χ4v) is 1.89. The Morgan fingerprint density at radius 1 is 1.75 bits per heavy atom. The second kappa shape index (κ2) is 5.71. The molecular weight excluding hydrogens is 236 g/mol. The molecule has 0 aromatic carbocycles. The van der Waals surface area contributed by atoms with Crippen LogP contribution in [0.3, 0.4) is 0 Å². The molecule has 0 saturated carbocycles. The van der Waals surface area contributed by atoms with Gasteiger partial charge in [0.1, 0.15) is 6.04 Å². The number of ether oxygens (including phenoxy) is 1. The Morgan fingerprint density at radius 2 is 2.44 bits per heavy atom. The van der Waals surface area contributed by atoms with Gasteiger partial charge >= 0.3 is 5.97 Å². The van der Waals surface area contributed by atoms with Gasteiger partial charge in [-0.1, -0.05) is 11.8 Å². The predicted octanol–water partition coefficient (Wildman–Crippen LogP) is -0.973. The van der Waals surface area contributed by atoms with Gasteiger partial charge in [-0.3, -0.25) is 9.59 Å². The first-order valence-corrected chi connectivity index (χ1v) is 5.49. The summed E-state index contributed by atoms with van der Waals surface area (Å²) in [6.07, 6.45) is -1.08. The molecule has 1 aliphatic rings. The van der Waals surface area contributed by atoms with Crippen molar-refractivity contribution < 1.29 is 24.2 Å². The maximum Gasteiger partial charge on any atom is 0.334 e. The quantitative estimate of drug-likeness (QED) is 0.578. The zero-order valence-corrected chi connectivity index (χ0v) is 9.37. The van der Waals surface area contributed by atoms with Crippen molar-refractivity contribution in [1.82, 2.24) is 10.6 Å². The Hall–Kier alpha value is -1.28. The number of nitrogens with one attached hydrogen (secondary N) is 2. The molecule has 16 heavy (non-hydrogen) atoms. The number of carboxylic acids is 1. The summed E-state index contributed by atoms with van der Waals surface area (Å²) in [6, 6.07) is -0.594. The second-order valence-electron chi connectivity index (χ2n) is 3.10. The highest BCUT2D eigenvalue weighted by atomic mass is 32.2. The zero-order chi connectivity index (χ0) is 12.1. The van der Waals surface area contributed by atoms with E-state index < -0.39 is 24.0 Å². The molecule has 8 heteroatoms. The third-order valence-electron chi connectivity index (χ3n) is 2.01. The van der Waals surface area contributed by atoms with Gasteiger partial charge in [-0.2, -0.15) is 0 Å². The average Bonchev–Trinajstić information content (AvgIpc) is 2.65. The smallest absolute Gasteiger partial charge is 0.334 e. The van der Waals surface area contributed by atoms with E-state index in [1.165, 1.54) is 7.11 Å². The maximum absolute atomic E-state index is 11.4. The van der Waals surface area contributed by atoms with Gasteiger partial charge in [-0.25, -0.2) is 4.79 Å². The van der Waals surface area contributed by atoms with Crippen molar-refractivity contribution in [2.75, 3.05) is 19.4 Å². The van der Waals surface area contributed by atoms with Gasteiger partial charge in [0, 0.05) is 12.9 Å². The largest absolute Gasteiger partial charge is 0.479 e. The van der Waals surface area contributed by atoms with Crippen molar-refractivity contribution >= 4 is 28.9 Å². The highest BCUT2D eigenvalue weighted by Crippen LogP contribution is 2.12. The molecule has 0 aromatic rings. The Balaban J connectivity index is 2.34. The van der Waals surface area contributed by atoms with Crippen LogP contribution in [0.25, 0.3) is 0 Å². The molecule has 1 heterocycles. The number of methoxy groups -OCH3 is 1. The monoisotopic (exact) mass is 248 g/mol. The SMILES string of the molecule is COC(CNC(=O)C1CSC(=O)N1)C(=O)O. The van der Waals surface area contributed by atoms with Crippen LogP contribution in [0, 0.1) is 0 Å². The molecule has 1 fully saturated rings. The molecule has 3 N–H and O–H groups in total. The van der Waals surface area contributed by atoms with E-state index in [1.54, 1.807) is 0 Å². The van der Waals surface area contributed by atoms with E-state index in [2.05, 4.69) is 15.4 Å². The lowest BCUT2D eigenvalue weighted by molar-refractivity contribution is -0.148. The minimum absolute atomic E-state index is 0.123. The van der Waals surface area contributed by atoms with E-state index in [4.69, 9.17) is 5.11 Å². The van der Waals surface area contributed by atoms with Gasteiger partial charge in [0.15, 0.2) is 6.10 Å². The Morgan fingerprint density at radius 3 is 2.88 bits per heavy atom. The van der Waals surface area contributed by atoms with E-state index in [-0.39, 0.29) is 11.8 Å². The fourth-order valence-electron chi connectivity index (χ4n) is 1.11. The summed E-state index contributed by atoms with van der Waals surface area (Å²) in [5.74, 6) is -1.19. The third kappa shape index (κ3) is 3.38. The molecule has 0 bridgehead atoms. The van der Waals surface area contributed by atoms with Crippen LogP contribution in [0.1, 0.15) is 0 Å². The summed E-state index contributed by atoms with van der Waals surface area (Å²) in [5, 5.41) is 13.2.